The van der Waals surface area contributed by atoms with Gasteiger partial charge in [0.1, 0.15) is 16.7 Å². The second kappa shape index (κ2) is 24.1. The van der Waals surface area contributed by atoms with Gasteiger partial charge in [0.15, 0.2) is 11.9 Å². The molecule has 18 heteroatoms. The molecule has 0 bridgehead atoms. The topological polar surface area (TPSA) is 234 Å². The minimum absolute atomic E-state index is 0.00374. The maximum atomic E-state index is 14.3. The fourth-order valence-electron chi connectivity index (χ4n) is 7.41. The fourth-order valence-corrected chi connectivity index (χ4v) is 8.25. The van der Waals surface area contributed by atoms with Crippen LogP contribution in [-0.2, 0) is 39.9 Å². The Balaban J connectivity index is 1.88. The first-order chi connectivity index (χ1) is 29.2. The summed E-state index contributed by atoms with van der Waals surface area (Å²) in [5.74, 6) is -5.68. The van der Waals surface area contributed by atoms with E-state index in [-0.39, 0.29) is 66.1 Å². The van der Waals surface area contributed by atoms with Gasteiger partial charge in [0.05, 0.1) is 30.2 Å². The summed E-state index contributed by atoms with van der Waals surface area (Å²) in [7, 11) is 3.60. The number of carbonyl (C=O) groups is 7. The zero-order valence-electron chi connectivity index (χ0n) is 37.7. The highest BCUT2D eigenvalue weighted by molar-refractivity contribution is 7.09. The third kappa shape index (κ3) is 14.9. The van der Waals surface area contributed by atoms with Gasteiger partial charge in [-0.3, -0.25) is 38.5 Å². The molecule has 1 fully saturated rings. The van der Waals surface area contributed by atoms with Crippen molar-refractivity contribution in [1.82, 2.24) is 25.4 Å². The first-order valence-corrected chi connectivity index (χ1v) is 22.2. The van der Waals surface area contributed by atoms with Gasteiger partial charge in [-0.25, -0.2) is 4.98 Å². The third-order valence-electron chi connectivity index (χ3n) is 11.4. The number of carboxylic acids is 1. The van der Waals surface area contributed by atoms with Crippen LogP contribution in [-0.4, -0.2) is 118 Å². The molecule has 3 unspecified atom stereocenters. The average molecular weight is 887 g/mol. The molecule has 17 nitrogen and oxygen atoms in total. The Labute approximate surface area is 368 Å². The van der Waals surface area contributed by atoms with Crippen LogP contribution < -0.4 is 20.7 Å². The average Bonchev–Trinajstić information content (AvgIpc) is 3.71. The summed E-state index contributed by atoms with van der Waals surface area (Å²) in [6.45, 7) is 13.7. The lowest BCUT2D eigenvalue weighted by Crippen LogP contribution is -2.58. The van der Waals surface area contributed by atoms with Crippen LogP contribution >= 0.6 is 11.3 Å². The summed E-state index contributed by atoms with van der Waals surface area (Å²) in [5, 5.41) is 29.7. The quantitative estimate of drug-likeness (QED) is 0.0806. The Morgan fingerprint density at radius 1 is 0.984 bits per heavy atom. The van der Waals surface area contributed by atoms with Crippen molar-refractivity contribution in [1.29, 1.82) is 0 Å². The number of ether oxygens (including phenoxy) is 2. The molecule has 5 N–H and O–H groups in total. The Kier molecular flexibility index (Phi) is 19.9. The van der Waals surface area contributed by atoms with Crippen LogP contribution in [0.15, 0.2) is 23.6 Å². The number of likely N-dealkylation sites (tertiary alicyclic amines) is 1. The zero-order valence-corrected chi connectivity index (χ0v) is 38.5. The molecular weight excluding hydrogens is 821 g/mol. The molecule has 1 aromatic carbocycles. The SMILES string of the molecule is CC[C@H](C)[C@H](NC(=O)[C@H]1CCCCN1C)C(=O)N(C)C(C[C@@H](OC(C)=O)c1nc(C(=O)N[C@@H](Cc2ccc(OC(C)=O)c(NC(=O)C(C)CO)c2)CC(C)C(=O)O)cs1)C(C)C. The van der Waals surface area contributed by atoms with Crippen molar-refractivity contribution < 1.29 is 53.2 Å². The largest absolute Gasteiger partial charge is 0.481 e. The van der Waals surface area contributed by atoms with Crippen molar-refractivity contribution in [2.75, 3.05) is 32.6 Å². The van der Waals surface area contributed by atoms with E-state index >= 15 is 0 Å². The Morgan fingerprint density at radius 3 is 2.26 bits per heavy atom. The molecule has 1 saturated heterocycles. The van der Waals surface area contributed by atoms with Crippen LogP contribution in [0.3, 0.4) is 0 Å². The predicted molar refractivity (Wildman–Crippen MR) is 233 cm³/mol. The van der Waals surface area contributed by atoms with E-state index in [1.54, 1.807) is 24.1 Å². The number of anilines is 1. The number of esters is 2. The molecule has 1 aliphatic heterocycles. The van der Waals surface area contributed by atoms with Crippen LogP contribution in [0, 0.1) is 23.7 Å². The van der Waals surface area contributed by atoms with Crippen molar-refractivity contribution in [2.24, 2.45) is 23.7 Å². The number of nitrogens with zero attached hydrogens (tertiary/aromatic N) is 3. The molecule has 0 radical (unpaired) electrons. The molecule has 344 valence electrons. The lowest BCUT2D eigenvalue weighted by molar-refractivity contribution is -0.149. The molecule has 1 aromatic heterocycles. The van der Waals surface area contributed by atoms with E-state index < -0.39 is 72.4 Å². The number of piperidine rings is 1. The van der Waals surface area contributed by atoms with Crippen molar-refractivity contribution in [3.05, 3.63) is 39.8 Å². The number of nitrogens with one attached hydrogen (secondary N) is 3. The molecule has 4 amide bonds. The number of amides is 4. The lowest BCUT2D eigenvalue weighted by atomic mass is 9.92. The molecule has 8 atom stereocenters. The number of rotatable bonds is 22. The highest BCUT2D eigenvalue weighted by Gasteiger charge is 2.37. The summed E-state index contributed by atoms with van der Waals surface area (Å²) in [6.07, 6.45) is 2.67. The van der Waals surface area contributed by atoms with E-state index in [1.165, 1.54) is 39.1 Å². The molecule has 3 rings (SSSR count). The predicted octanol–water partition coefficient (Wildman–Crippen LogP) is 4.58. The van der Waals surface area contributed by atoms with Crippen LogP contribution in [0.4, 0.5) is 5.69 Å². The minimum atomic E-state index is -1.07. The van der Waals surface area contributed by atoms with Gasteiger partial charge in [-0.2, -0.15) is 0 Å². The van der Waals surface area contributed by atoms with Crippen LogP contribution in [0.5, 0.6) is 5.75 Å². The molecule has 0 saturated carbocycles. The van der Waals surface area contributed by atoms with Crippen molar-refractivity contribution >= 4 is 58.6 Å². The molecule has 2 heterocycles. The third-order valence-corrected chi connectivity index (χ3v) is 12.3. The first-order valence-electron chi connectivity index (χ1n) is 21.3. The van der Waals surface area contributed by atoms with E-state index in [0.717, 1.165) is 37.1 Å². The number of benzene rings is 1. The van der Waals surface area contributed by atoms with Gasteiger partial charge in [0.25, 0.3) is 5.91 Å². The van der Waals surface area contributed by atoms with E-state index in [0.29, 0.717) is 17.0 Å². The number of aliphatic carboxylic acids is 1. The molecular formula is C44H66N6O11S. The summed E-state index contributed by atoms with van der Waals surface area (Å²) in [6, 6.07) is 2.35. The summed E-state index contributed by atoms with van der Waals surface area (Å²) < 4.78 is 11.1. The number of carboxylic acid groups (broad SMARTS) is 1. The maximum Gasteiger partial charge on any atom is 0.308 e. The van der Waals surface area contributed by atoms with Gasteiger partial charge in [0, 0.05) is 44.8 Å². The zero-order chi connectivity index (χ0) is 46.4. The van der Waals surface area contributed by atoms with Crippen LogP contribution in [0.2, 0.25) is 0 Å². The van der Waals surface area contributed by atoms with Crippen LogP contribution in [0.1, 0.15) is 121 Å². The Bertz CT molecular complexity index is 1890. The molecule has 0 spiro atoms. The number of hydrogen-bond acceptors (Lipinski definition) is 13. The van der Waals surface area contributed by atoms with Gasteiger partial charge < -0.3 is 40.5 Å². The van der Waals surface area contributed by atoms with Crippen LogP contribution in [0.25, 0.3) is 0 Å². The van der Waals surface area contributed by atoms with Crippen molar-refractivity contribution in [3.8, 4) is 5.75 Å². The number of thiazole rings is 1. The van der Waals surface area contributed by atoms with E-state index in [1.807, 2.05) is 39.6 Å². The molecule has 1 aliphatic rings. The van der Waals surface area contributed by atoms with Crippen molar-refractivity contribution in [3.63, 3.8) is 0 Å². The molecule has 62 heavy (non-hydrogen) atoms. The number of aliphatic hydroxyl groups excluding tert-OH is 1. The monoisotopic (exact) mass is 886 g/mol. The maximum absolute atomic E-state index is 14.3. The summed E-state index contributed by atoms with van der Waals surface area (Å²) >= 11 is 1.10. The normalized spacial score (nSPS) is 17.6. The highest BCUT2D eigenvalue weighted by Crippen LogP contribution is 2.32. The van der Waals surface area contributed by atoms with Gasteiger partial charge in [0.2, 0.25) is 17.7 Å². The lowest BCUT2D eigenvalue weighted by Gasteiger charge is -2.38. The summed E-state index contributed by atoms with van der Waals surface area (Å²) in [4.78, 5) is 98.7. The smallest absolute Gasteiger partial charge is 0.308 e. The Hall–Kier alpha value is -4.94. The van der Waals surface area contributed by atoms with E-state index in [2.05, 4.69) is 20.9 Å². The number of aromatic nitrogens is 1. The molecule has 2 aromatic rings. The second-order valence-corrected chi connectivity index (χ2v) is 17.8. The Morgan fingerprint density at radius 2 is 1.68 bits per heavy atom. The molecule has 0 aliphatic carbocycles. The number of carbonyl (C=O) groups excluding carboxylic acids is 6. The van der Waals surface area contributed by atoms with E-state index in [9.17, 15) is 43.8 Å². The fraction of sp³-hybridized carbons (Fsp3) is 0.636. The van der Waals surface area contributed by atoms with Gasteiger partial charge in [-0.15, -0.1) is 11.3 Å². The van der Waals surface area contributed by atoms with E-state index in [4.69, 9.17) is 9.47 Å². The first kappa shape index (κ1) is 51.4. The highest BCUT2D eigenvalue weighted by atomic mass is 32.1. The minimum Gasteiger partial charge on any atom is -0.481 e. The standard InChI is InChI=1S/C44H66N6O11S/c1-11-25(4)38(48-41(56)34-14-12-13-17-49(34)9)43(57)50(10)35(24(2)3)21-37(61-29(8)53)42-47-33(23-62-42)40(55)45-31(18-26(5)44(58)59)19-30-15-16-36(60-28(7)52)32(20-30)46-39(54)27(6)22-51/h15-16,20,23-27,31,34-35,37-38,51H,11-14,17-19,21-22H2,1-10H3,(H,45,55)(H,46,54)(H,48,56)(H,58,59)/t25-,26?,27?,31+,34+,35?,37+,38-/m0/s1. The summed E-state index contributed by atoms with van der Waals surface area (Å²) in [5.41, 5.74) is 0.725. The van der Waals surface area contributed by atoms with Crippen molar-refractivity contribution in [2.45, 2.75) is 131 Å². The number of aliphatic hydroxyl groups is 1. The number of likely N-dealkylation sites (N-methyl/N-ethyl adjacent to an activating group) is 2. The van der Waals surface area contributed by atoms with Gasteiger partial charge >= 0.3 is 17.9 Å². The second-order valence-electron chi connectivity index (χ2n) is 16.9. The van der Waals surface area contributed by atoms with Gasteiger partial charge in [-0.05, 0) is 68.8 Å². The number of hydrogen-bond donors (Lipinski definition) is 5. The van der Waals surface area contributed by atoms with Gasteiger partial charge in [-0.1, -0.05) is 60.5 Å².